The second-order valence-electron chi connectivity index (χ2n) is 2.91. The molecule has 0 radical (unpaired) electrons. The van der Waals surface area contributed by atoms with Crippen molar-refractivity contribution >= 4 is 10.9 Å². The molecule has 0 aromatic carbocycles. The zero-order valence-electron chi connectivity index (χ0n) is 6.99. The van der Waals surface area contributed by atoms with Gasteiger partial charge in [0.1, 0.15) is 5.52 Å². The Hall–Kier alpha value is -1.58. The third-order valence-corrected chi connectivity index (χ3v) is 2.18. The number of hydrogen-bond donors (Lipinski definition) is 2. The van der Waals surface area contributed by atoms with E-state index in [2.05, 4.69) is 15.2 Å². The van der Waals surface area contributed by atoms with Crippen molar-refractivity contribution in [1.29, 1.82) is 0 Å². The molecule has 0 atom stereocenters. The minimum atomic E-state index is -0.108. The van der Waals surface area contributed by atoms with Gasteiger partial charge in [-0.3, -0.25) is 4.79 Å². The highest BCUT2D eigenvalue weighted by atomic mass is 16.1. The number of fused-ring (bicyclic) bond motifs is 1. The van der Waals surface area contributed by atoms with Gasteiger partial charge >= 0.3 is 5.56 Å². The van der Waals surface area contributed by atoms with E-state index in [4.69, 9.17) is 0 Å². The molecule has 4 nitrogen and oxygen atoms in total. The highest BCUT2D eigenvalue weighted by Gasteiger charge is 2.08. The van der Waals surface area contributed by atoms with E-state index in [0.717, 1.165) is 16.6 Å². The van der Waals surface area contributed by atoms with Gasteiger partial charge in [-0.15, -0.1) is 10.2 Å². The Morgan fingerprint density at radius 2 is 2.17 bits per heavy atom. The predicted molar refractivity (Wildman–Crippen MR) is 44.9 cm³/mol. The molecule has 0 aliphatic carbocycles. The average Bonchev–Trinajstić information content (AvgIpc) is 2.32. The molecule has 0 aliphatic rings. The smallest absolute Gasteiger partial charge is 0.322 e. The summed E-state index contributed by atoms with van der Waals surface area (Å²) in [5.74, 6) is 0. The molecule has 4 heteroatoms. The summed E-state index contributed by atoms with van der Waals surface area (Å²) in [5.41, 5.74) is 2.69. The van der Waals surface area contributed by atoms with Gasteiger partial charge < -0.3 is 4.98 Å². The zero-order chi connectivity index (χ0) is 8.72. The monoisotopic (exact) mass is 164 g/mol. The molecule has 0 aliphatic heterocycles. The van der Waals surface area contributed by atoms with Crippen LogP contribution in [0, 0.1) is 13.8 Å². The molecule has 62 valence electrons. The van der Waals surface area contributed by atoms with Crippen molar-refractivity contribution < 1.29 is 5.10 Å². The van der Waals surface area contributed by atoms with Gasteiger partial charge in [0.25, 0.3) is 0 Å². The van der Waals surface area contributed by atoms with Gasteiger partial charge in [-0.1, -0.05) is 0 Å². The molecule has 3 N–H and O–H groups in total. The lowest BCUT2D eigenvalue weighted by Crippen LogP contribution is -2.20. The van der Waals surface area contributed by atoms with Crippen LogP contribution in [0.1, 0.15) is 11.3 Å². The normalized spacial score (nSPS) is 10.8. The maximum atomic E-state index is 11.2. The van der Waals surface area contributed by atoms with Gasteiger partial charge in [0.05, 0.1) is 5.39 Å². The lowest BCUT2D eigenvalue weighted by Gasteiger charge is -1.83. The molecule has 0 amide bonds. The van der Waals surface area contributed by atoms with Crippen LogP contribution in [0.5, 0.6) is 0 Å². The number of aromatic amines is 3. The third-order valence-electron chi connectivity index (χ3n) is 2.18. The van der Waals surface area contributed by atoms with Crippen molar-refractivity contribution in [2.24, 2.45) is 0 Å². The van der Waals surface area contributed by atoms with E-state index in [1.54, 1.807) is 6.20 Å². The summed E-state index contributed by atoms with van der Waals surface area (Å²) in [6, 6.07) is 0. The highest BCUT2D eigenvalue weighted by Crippen LogP contribution is 2.15. The minimum absolute atomic E-state index is 0.108. The molecular formula is C8H10N3O+. The van der Waals surface area contributed by atoms with Crippen LogP contribution in [-0.2, 0) is 0 Å². The summed E-state index contributed by atoms with van der Waals surface area (Å²) in [7, 11) is 0. The van der Waals surface area contributed by atoms with Gasteiger partial charge in [-0.25, -0.2) is 0 Å². The van der Waals surface area contributed by atoms with Crippen molar-refractivity contribution in [3.05, 3.63) is 27.8 Å². The second kappa shape index (κ2) is 2.20. The fourth-order valence-corrected chi connectivity index (χ4v) is 1.33. The molecular weight excluding hydrogens is 154 g/mol. The maximum Gasteiger partial charge on any atom is 0.322 e. The number of rotatable bonds is 0. The first kappa shape index (κ1) is 7.09. The van der Waals surface area contributed by atoms with E-state index in [0.29, 0.717) is 5.52 Å². The molecule has 0 spiro atoms. The first-order valence-electron chi connectivity index (χ1n) is 3.78. The van der Waals surface area contributed by atoms with E-state index in [9.17, 15) is 4.79 Å². The summed E-state index contributed by atoms with van der Waals surface area (Å²) in [6.45, 7) is 3.94. The van der Waals surface area contributed by atoms with E-state index in [1.807, 2.05) is 13.8 Å². The summed E-state index contributed by atoms with van der Waals surface area (Å²) < 4.78 is 0. The molecule has 0 saturated carbocycles. The Morgan fingerprint density at radius 1 is 1.42 bits per heavy atom. The number of aryl methyl sites for hydroxylation is 2. The Balaban J connectivity index is 3.05. The molecule has 12 heavy (non-hydrogen) atoms. The Labute approximate surface area is 68.6 Å². The SMILES string of the molecule is Cc1[nH]c2c(=O)[nH][nH+]cc2c1C. The Kier molecular flexibility index (Phi) is 1.30. The quantitative estimate of drug-likeness (QED) is 0.577. The van der Waals surface area contributed by atoms with Gasteiger partial charge in [0.15, 0.2) is 0 Å². The van der Waals surface area contributed by atoms with Gasteiger partial charge in [0, 0.05) is 5.69 Å². The Morgan fingerprint density at radius 3 is 2.83 bits per heavy atom. The van der Waals surface area contributed by atoms with Crippen LogP contribution in [0.2, 0.25) is 0 Å². The molecule has 0 bridgehead atoms. The van der Waals surface area contributed by atoms with Crippen molar-refractivity contribution in [3.8, 4) is 0 Å². The van der Waals surface area contributed by atoms with E-state index in [1.165, 1.54) is 0 Å². The number of nitrogens with one attached hydrogen (secondary N) is 3. The number of hydrogen-bond acceptors (Lipinski definition) is 1. The molecule has 0 fully saturated rings. The van der Waals surface area contributed by atoms with E-state index in [-0.39, 0.29) is 5.56 Å². The fourth-order valence-electron chi connectivity index (χ4n) is 1.33. The Bertz CT molecular complexity index is 480. The minimum Gasteiger partial charge on any atom is -0.354 e. The van der Waals surface area contributed by atoms with Crippen LogP contribution in [0.3, 0.4) is 0 Å². The summed E-state index contributed by atoms with van der Waals surface area (Å²) in [5, 5.41) is 6.16. The zero-order valence-corrected chi connectivity index (χ0v) is 6.99. The molecule has 2 aromatic rings. The second-order valence-corrected chi connectivity index (χ2v) is 2.91. The summed E-state index contributed by atoms with van der Waals surface area (Å²) in [6.07, 6.45) is 1.79. The van der Waals surface area contributed by atoms with Crippen LogP contribution < -0.4 is 10.7 Å². The average molecular weight is 164 g/mol. The lowest BCUT2D eigenvalue weighted by atomic mass is 10.2. The molecule has 0 unspecified atom stereocenters. The van der Waals surface area contributed by atoms with Crippen molar-refractivity contribution in [2.45, 2.75) is 13.8 Å². The first-order valence-corrected chi connectivity index (χ1v) is 3.78. The topological polar surface area (TPSA) is 62.8 Å². The first-order chi connectivity index (χ1) is 5.70. The maximum absolute atomic E-state index is 11.2. The standard InChI is InChI=1S/C8H9N3O/c1-4-5(2)10-7-6(4)3-9-11-8(7)12/h3,10H,1-2H3,(H,11,12)/p+1. The predicted octanol–water partition coefficient (Wildman–Crippen LogP) is 0.287. The molecule has 2 aromatic heterocycles. The van der Waals surface area contributed by atoms with Crippen molar-refractivity contribution in [1.82, 2.24) is 10.1 Å². The number of aromatic nitrogens is 3. The van der Waals surface area contributed by atoms with E-state index >= 15 is 0 Å². The van der Waals surface area contributed by atoms with Crippen molar-refractivity contribution in [2.75, 3.05) is 0 Å². The van der Waals surface area contributed by atoms with Crippen molar-refractivity contribution in [3.63, 3.8) is 0 Å². The fraction of sp³-hybridized carbons (Fsp3) is 0.250. The van der Waals surface area contributed by atoms with E-state index < -0.39 is 0 Å². The molecule has 0 saturated heterocycles. The molecule has 2 heterocycles. The van der Waals surface area contributed by atoms with Crippen LogP contribution in [-0.4, -0.2) is 10.1 Å². The van der Waals surface area contributed by atoms with Crippen LogP contribution >= 0.6 is 0 Å². The van der Waals surface area contributed by atoms with Gasteiger partial charge in [-0.2, -0.15) is 0 Å². The number of H-pyrrole nitrogens is 3. The summed E-state index contributed by atoms with van der Waals surface area (Å²) >= 11 is 0. The van der Waals surface area contributed by atoms with Crippen LogP contribution in [0.4, 0.5) is 0 Å². The highest BCUT2D eigenvalue weighted by molar-refractivity contribution is 5.81. The molecule has 2 rings (SSSR count). The van der Waals surface area contributed by atoms with Crippen LogP contribution in [0.25, 0.3) is 10.9 Å². The third kappa shape index (κ3) is 0.777. The lowest BCUT2D eigenvalue weighted by molar-refractivity contribution is -0.455. The van der Waals surface area contributed by atoms with Gasteiger partial charge in [-0.05, 0) is 19.4 Å². The van der Waals surface area contributed by atoms with Gasteiger partial charge in [0.2, 0.25) is 6.20 Å². The largest absolute Gasteiger partial charge is 0.354 e. The van der Waals surface area contributed by atoms with Crippen LogP contribution in [0.15, 0.2) is 11.0 Å². The summed E-state index contributed by atoms with van der Waals surface area (Å²) in [4.78, 5) is 14.3.